The zero-order valence-electron chi connectivity index (χ0n) is 11.6. The number of carbonyl (C=O) groups is 1. The summed E-state index contributed by atoms with van der Waals surface area (Å²) in [6.45, 7) is 0.255. The second kappa shape index (κ2) is 8.58. The van der Waals surface area contributed by atoms with E-state index in [4.69, 9.17) is 23.2 Å². The summed E-state index contributed by atoms with van der Waals surface area (Å²) in [7, 11) is -2.40. The molecular formula is C13H17Cl2NO4S. The molecule has 0 radical (unpaired) electrons. The molecule has 0 amide bonds. The van der Waals surface area contributed by atoms with Crippen LogP contribution in [0.3, 0.4) is 0 Å². The minimum Gasteiger partial charge on any atom is -0.469 e. The van der Waals surface area contributed by atoms with Gasteiger partial charge in [0.1, 0.15) is 4.90 Å². The Morgan fingerprint density at radius 2 is 1.81 bits per heavy atom. The van der Waals surface area contributed by atoms with E-state index >= 15 is 0 Å². The zero-order chi connectivity index (χ0) is 15.9. The first-order valence-corrected chi connectivity index (χ1v) is 8.63. The molecule has 5 nitrogen and oxygen atoms in total. The van der Waals surface area contributed by atoms with E-state index in [0.717, 1.165) is 0 Å². The van der Waals surface area contributed by atoms with Crippen LogP contribution in [0.25, 0.3) is 0 Å². The lowest BCUT2D eigenvalue weighted by Gasteiger charge is -2.09. The van der Waals surface area contributed by atoms with E-state index in [2.05, 4.69) is 9.46 Å². The number of halogens is 2. The van der Waals surface area contributed by atoms with Crippen molar-refractivity contribution in [1.29, 1.82) is 0 Å². The van der Waals surface area contributed by atoms with Crippen molar-refractivity contribution in [3.63, 3.8) is 0 Å². The maximum absolute atomic E-state index is 12.1. The van der Waals surface area contributed by atoms with E-state index in [-0.39, 0.29) is 27.5 Å². The lowest BCUT2D eigenvalue weighted by molar-refractivity contribution is -0.140. The first-order chi connectivity index (χ1) is 9.88. The average molecular weight is 354 g/mol. The van der Waals surface area contributed by atoms with Gasteiger partial charge in [-0.05, 0) is 25.0 Å². The van der Waals surface area contributed by atoms with E-state index < -0.39 is 10.0 Å². The Kier molecular flexibility index (Phi) is 7.45. The Hall–Kier alpha value is -0.820. The summed E-state index contributed by atoms with van der Waals surface area (Å²) in [4.78, 5) is 10.8. The van der Waals surface area contributed by atoms with E-state index in [1.165, 1.54) is 19.2 Å². The largest absolute Gasteiger partial charge is 0.469 e. The monoisotopic (exact) mass is 353 g/mol. The molecule has 1 rings (SSSR count). The molecule has 0 aliphatic carbocycles. The summed E-state index contributed by atoms with van der Waals surface area (Å²) in [5.41, 5.74) is 0. The van der Waals surface area contributed by atoms with Crippen molar-refractivity contribution in [3.05, 3.63) is 28.2 Å². The molecule has 1 N–H and O–H groups in total. The average Bonchev–Trinajstić information content (AvgIpc) is 2.41. The summed E-state index contributed by atoms with van der Waals surface area (Å²) in [5.74, 6) is -0.265. The standard InChI is InChI=1S/C13H17Cl2NO4S/c1-20-12(17)8-3-2-4-9-16-21(18,19)13-10(14)6-5-7-11(13)15/h5-7,16H,2-4,8-9H2,1H3. The second-order valence-corrected chi connectivity index (χ2v) is 6.85. The number of hydrogen-bond acceptors (Lipinski definition) is 4. The fraction of sp³-hybridized carbons (Fsp3) is 0.462. The van der Waals surface area contributed by atoms with Crippen molar-refractivity contribution in [1.82, 2.24) is 4.72 Å². The van der Waals surface area contributed by atoms with Gasteiger partial charge >= 0.3 is 5.97 Å². The fourth-order valence-corrected chi connectivity index (χ4v) is 3.90. The predicted molar refractivity (Wildman–Crippen MR) is 82.1 cm³/mol. The Bertz CT molecular complexity index is 570. The molecule has 1 aromatic carbocycles. The number of rotatable bonds is 8. The van der Waals surface area contributed by atoms with Crippen LogP contribution in [-0.2, 0) is 19.6 Å². The van der Waals surface area contributed by atoms with Gasteiger partial charge in [-0.25, -0.2) is 13.1 Å². The molecule has 1 aromatic rings. The van der Waals surface area contributed by atoms with Gasteiger partial charge in [0.15, 0.2) is 0 Å². The smallest absolute Gasteiger partial charge is 0.305 e. The highest BCUT2D eigenvalue weighted by Crippen LogP contribution is 2.28. The van der Waals surface area contributed by atoms with Crippen LogP contribution in [0.5, 0.6) is 0 Å². The van der Waals surface area contributed by atoms with Gasteiger partial charge in [0, 0.05) is 13.0 Å². The molecule has 0 bridgehead atoms. The molecule has 0 saturated heterocycles. The molecule has 118 valence electrons. The van der Waals surface area contributed by atoms with Crippen LogP contribution < -0.4 is 4.72 Å². The fourth-order valence-electron chi connectivity index (χ4n) is 1.69. The lowest BCUT2D eigenvalue weighted by Crippen LogP contribution is -2.25. The molecule has 8 heteroatoms. The normalized spacial score (nSPS) is 11.4. The molecule has 0 unspecified atom stereocenters. The second-order valence-electron chi connectivity index (χ2n) is 4.34. The van der Waals surface area contributed by atoms with Gasteiger partial charge < -0.3 is 4.74 Å². The van der Waals surface area contributed by atoms with Crippen molar-refractivity contribution < 1.29 is 17.9 Å². The van der Waals surface area contributed by atoms with Crippen molar-refractivity contribution in [3.8, 4) is 0 Å². The molecule has 0 aromatic heterocycles. The maximum Gasteiger partial charge on any atom is 0.305 e. The molecule has 0 heterocycles. The van der Waals surface area contributed by atoms with Crippen molar-refractivity contribution in [2.45, 2.75) is 30.6 Å². The van der Waals surface area contributed by atoms with Crippen molar-refractivity contribution in [2.24, 2.45) is 0 Å². The molecule has 0 aliphatic rings. The number of sulfonamides is 1. The molecular weight excluding hydrogens is 337 g/mol. The van der Waals surface area contributed by atoms with E-state index in [9.17, 15) is 13.2 Å². The summed E-state index contributed by atoms with van der Waals surface area (Å²) < 4.78 is 31.2. The van der Waals surface area contributed by atoms with E-state index in [1.807, 2.05) is 0 Å². The van der Waals surface area contributed by atoms with Gasteiger partial charge in [0.2, 0.25) is 10.0 Å². The van der Waals surface area contributed by atoms with Gasteiger partial charge in [0.05, 0.1) is 17.2 Å². The third-order valence-electron chi connectivity index (χ3n) is 2.77. The third-order valence-corrected chi connectivity index (χ3v) is 5.18. The molecule has 0 saturated carbocycles. The quantitative estimate of drug-likeness (QED) is 0.575. The van der Waals surface area contributed by atoms with Gasteiger partial charge in [-0.1, -0.05) is 35.7 Å². The van der Waals surface area contributed by atoms with Crippen molar-refractivity contribution in [2.75, 3.05) is 13.7 Å². The number of unbranched alkanes of at least 4 members (excludes halogenated alkanes) is 2. The number of methoxy groups -OCH3 is 1. The van der Waals surface area contributed by atoms with Crippen LogP contribution >= 0.6 is 23.2 Å². The molecule has 0 spiro atoms. The Morgan fingerprint density at radius 3 is 2.38 bits per heavy atom. The first-order valence-electron chi connectivity index (χ1n) is 6.39. The van der Waals surface area contributed by atoms with Gasteiger partial charge in [-0.2, -0.15) is 0 Å². The van der Waals surface area contributed by atoms with Crippen LogP contribution in [0, 0.1) is 0 Å². The van der Waals surface area contributed by atoms with E-state index in [0.29, 0.717) is 25.7 Å². The van der Waals surface area contributed by atoms with Gasteiger partial charge in [0.25, 0.3) is 0 Å². The highest BCUT2D eigenvalue weighted by molar-refractivity contribution is 7.89. The SMILES string of the molecule is COC(=O)CCCCCNS(=O)(=O)c1c(Cl)cccc1Cl. The highest BCUT2D eigenvalue weighted by Gasteiger charge is 2.20. The minimum atomic E-state index is -3.74. The Balaban J connectivity index is 2.46. The number of benzene rings is 1. The van der Waals surface area contributed by atoms with E-state index in [1.54, 1.807) is 6.07 Å². The van der Waals surface area contributed by atoms with Crippen molar-refractivity contribution >= 4 is 39.2 Å². The summed E-state index contributed by atoms with van der Waals surface area (Å²) in [6, 6.07) is 4.52. The highest BCUT2D eigenvalue weighted by atomic mass is 35.5. The molecule has 0 fully saturated rings. The zero-order valence-corrected chi connectivity index (χ0v) is 13.9. The summed E-state index contributed by atoms with van der Waals surface area (Å²) in [6.07, 6.45) is 2.31. The third kappa shape index (κ3) is 5.82. The van der Waals surface area contributed by atoms with Crippen LogP contribution in [-0.4, -0.2) is 28.0 Å². The van der Waals surface area contributed by atoms with Crippen LogP contribution in [0.1, 0.15) is 25.7 Å². The number of carbonyl (C=O) groups excluding carboxylic acids is 1. The lowest BCUT2D eigenvalue weighted by atomic mass is 10.2. The Labute approximate surface area is 134 Å². The number of esters is 1. The minimum absolute atomic E-state index is 0.0840. The Morgan fingerprint density at radius 1 is 1.19 bits per heavy atom. The molecule has 0 aliphatic heterocycles. The summed E-state index contributed by atoms with van der Waals surface area (Å²) in [5, 5.41) is 0.168. The first kappa shape index (κ1) is 18.2. The topological polar surface area (TPSA) is 72.5 Å². The van der Waals surface area contributed by atoms with Crippen LogP contribution in [0.4, 0.5) is 0 Å². The van der Waals surface area contributed by atoms with Crippen LogP contribution in [0.2, 0.25) is 10.0 Å². The molecule has 0 atom stereocenters. The van der Waals surface area contributed by atoms with Crippen LogP contribution in [0.15, 0.2) is 23.1 Å². The predicted octanol–water partition coefficient (Wildman–Crippen LogP) is 3.01. The summed E-state index contributed by atoms with van der Waals surface area (Å²) >= 11 is 11.7. The molecule has 21 heavy (non-hydrogen) atoms. The number of ether oxygens (including phenoxy) is 1. The number of nitrogens with one attached hydrogen (secondary N) is 1. The maximum atomic E-state index is 12.1. The van der Waals surface area contributed by atoms with Gasteiger partial charge in [-0.3, -0.25) is 4.79 Å². The van der Waals surface area contributed by atoms with Gasteiger partial charge in [-0.15, -0.1) is 0 Å². The number of hydrogen-bond donors (Lipinski definition) is 1.